The molecule has 1 aliphatic rings. The third-order valence-corrected chi connectivity index (χ3v) is 4.32. The molecule has 0 radical (unpaired) electrons. The van der Waals surface area contributed by atoms with E-state index < -0.39 is 5.60 Å². The number of hydrogen-bond donors (Lipinski definition) is 0. The Kier molecular flexibility index (Phi) is 5.74. The minimum Gasteiger partial charge on any atom is -0.494 e. The standard InChI is InChI=1S/C19H27N3O5/c1-19(2,3)27-18(23)22-9-7-21(8-10-22)11-12-25-15-6-5-14(24-4)16-17(15)26-13-20-16/h5-6,13H,7-12H2,1-4H3. The highest BCUT2D eigenvalue weighted by Crippen LogP contribution is 2.32. The smallest absolute Gasteiger partial charge is 0.410 e. The second-order valence-electron chi connectivity index (χ2n) is 7.45. The molecule has 0 aliphatic carbocycles. The summed E-state index contributed by atoms with van der Waals surface area (Å²) in [5.41, 5.74) is 0.775. The fraction of sp³-hybridized carbons (Fsp3) is 0.579. The molecule has 0 bridgehead atoms. The van der Waals surface area contributed by atoms with Crippen molar-refractivity contribution in [1.29, 1.82) is 0 Å². The fourth-order valence-electron chi connectivity index (χ4n) is 2.95. The van der Waals surface area contributed by atoms with Crippen LogP contribution in [0.5, 0.6) is 11.5 Å². The van der Waals surface area contributed by atoms with Gasteiger partial charge in [0.25, 0.3) is 0 Å². The summed E-state index contributed by atoms with van der Waals surface area (Å²) in [6.07, 6.45) is 1.14. The van der Waals surface area contributed by atoms with Gasteiger partial charge in [-0.3, -0.25) is 4.90 Å². The Bertz CT molecular complexity index is 775. The molecule has 1 aliphatic heterocycles. The summed E-state index contributed by atoms with van der Waals surface area (Å²) in [4.78, 5) is 20.3. The maximum absolute atomic E-state index is 12.1. The highest BCUT2D eigenvalue weighted by atomic mass is 16.6. The molecule has 1 aromatic heterocycles. The van der Waals surface area contributed by atoms with Crippen molar-refractivity contribution in [2.45, 2.75) is 26.4 Å². The largest absolute Gasteiger partial charge is 0.494 e. The minimum atomic E-state index is -0.466. The summed E-state index contributed by atoms with van der Waals surface area (Å²) in [6.45, 7) is 9.83. The van der Waals surface area contributed by atoms with Gasteiger partial charge in [0.2, 0.25) is 0 Å². The SMILES string of the molecule is COc1ccc(OCCN2CCN(C(=O)OC(C)(C)C)CC2)c2ocnc12. The van der Waals surface area contributed by atoms with E-state index in [-0.39, 0.29) is 6.09 Å². The van der Waals surface area contributed by atoms with Gasteiger partial charge in [-0.05, 0) is 32.9 Å². The van der Waals surface area contributed by atoms with Crippen LogP contribution in [0.1, 0.15) is 20.8 Å². The van der Waals surface area contributed by atoms with Crippen LogP contribution in [0.2, 0.25) is 0 Å². The molecule has 1 fully saturated rings. The van der Waals surface area contributed by atoms with Crippen LogP contribution in [-0.4, -0.2) is 72.9 Å². The Labute approximate surface area is 159 Å². The third kappa shape index (κ3) is 4.82. The number of benzene rings is 1. The van der Waals surface area contributed by atoms with Crippen molar-refractivity contribution >= 4 is 17.2 Å². The molecule has 3 rings (SSSR count). The molecule has 2 heterocycles. The number of aromatic nitrogens is 1. The Balaban J connectivity index is 1.46. The first-order valence-electron chi connectivity index (χ1n) is 9.10. The molecular weight excluding hydrogens is 350 g/mol. The van der Waals surface area contributed by atoms with Crippen LogP contribution in [0.3, 0.4) is 0 Å². The van der Waals surface area contributed by atoms with E-state index in [2.05, 4.69) is 9.88 Å². The highest BCUT2D eigenvalue weighted by Gasteiger charge is 2.25. The molecule has 27 heavy (non-hydrogen) atoms. The molecule has 1 amide bonds. The zero-order valence-corrected chi connectivity index (χ0v) is 16.4. The van der Waals surface area contributed by atoms with E-state index in [4.69, 9.17) is 18.6 Å². The summed E-state index contributed by atoms with van der Waals surface area (Å²) in [7, 11) is 1.60. The number of amides is 1. The monoisotopic (exact) mass is 377 g/mol. The van der Waals surface area contributed by atoms with Crippen LogP contribution in [0.15, 0.2) is 22.9 Å². The van der Waals surface area contributed by atoms with Gasteiger partial charge in [-0.1, -0.05) is 0 Å². The van der Waals surface area contributed by atoms with Gasteiger partial charge in [-0.25, -0.2) is 9.78 Å². The normalized spacial score (nSPS) is 15.8. The van der Waals surface area contributed by atoms with Crippen molar-refractivity contribution in [3.8, 4) is 11.5 Å². The summed E-state index contributed by atoms with van der Waals surface area (Å²) in [5, 5.41) is 0. The second kappa shape index (κ2) is 8.04. The van der Waals surface area contributed by atoms with E-state index in [1.54, 1.807) is 12.0 Å². The van der Waals surface area contributed by atoms with Crippen LogP contribution < -0.4 is 9.47 Å². The Morgan fingerprint density at radius 3 is 2.56 bits per heavy atom. The number of rotatable bonds is 5. The number of carbonyl (C=O) groups is 1. The minimum absolute atomic E-state index is 0.246. The van der Waals surface area contributed by atoms with Gasteiger partial charge in [0.15, 0.2) is 23.2 Å². The van der Waals surface area contributed by atoms with Crippen molar-refractivity contribution in [3.63, 3.8) is 0 Å². The van der Waals surface area contributed by atoms with Crippen molar-refractivity contribution in [1.82, 2.24) is 14.8 Å². The molecule has 1 aromatic carbocycles. The maximum atomic E-state index is 12.1. The number of ether oxygens (including phenoxy) is 3. The highest BCUT2D eigenvalue weighted by molar-refractivity contribution is 5.84. The van der Waals surface area contributed by atoms with Crippen LogP contribution in [0, 0.1) is 0 Å². The molecule has 0 N–H and O–H groups in total. The predicted octanol–water partition coefficient (Wildman–Crippen LogP) is 2.77. The number of carbonyl (C=O) groups excluding carboxylic acids is 1. The van der Waals surface area contributed by atoms with Crippen molar-refractivity contribution in [2.24, 2.45) is 0 Å². The maximum Gasteiger partial charge on any atom is 0.410 e. The van der Waals surface area contributed by atoms with Gasteiger partial charge in [0.1, 0.15) is 18.0 Å². The lowest BCUT2D eigenvalue weighted by Gasteiger charge is -2.35. The Morgan fingerprint density at radius 1 is 1.19 bits per heavy atom. The molecule has 148 valence electrons. The third-order valence-electron chi connectivity index (χ3n) is 4.32. The Hall–Kier alpha value is -2.48. The summed E-state index contributed by atoms with van der Waals surface area (Å²) in [6, 6.07) is 3.65. The first kappa shape index (κ1) is 19.3. The van der Waals surface area contributed by atoms with Gasteiger partial charge in [-0.15, -0.1) is 0 Å². The second-order valence-corrected chi connectivity index (χ2v) is 7.45. The molecule has 8 heteroatoms. The number of nitrogens with zero attached hydrogens (tertiary/aromatic N) is 3. The first-order valence-corrected chi connectivity index (χ1v) is 9.10. The van der Waals surface area contributed by atoms with E-state index >= 15 is 0 Å². The van der Waals surface area contributed by atoms with Crippen LogP contribution in [0.25, 0.3) is 11.1 Å². The molecule has 0 spiro atoms. The predicted molar refractivity (Wildman–Crippen MR) is 100 cm³/mol. The number of fused-ring (bicyclic) bond motifs is 1. The van der Waals surface area contributed by atoms with Crippen LogP contribution in [0.4, 0.5) is 4.79 Å². The molecule has 0 unspecified atom stereocenters. The van der Waals surface area contributed by atoms with E-state index in [1.807, 2.05) is 32.9 Å². The van der Waals surface area contributed by atoms with Crippen molar-refractivity contribution < 1.29 is 23.4 Å². The average molecular weight is 377 g/mol. The van der Waals surface area contributed by atoms with Crippen molar-refractivity contribution in [2.75, 3.05) is 46.4 Å². The lowest BCUT2D eigenvalue weighted by atomic mass is 10.2. The van der Waals surface area contributed by atoms with Gasteiger partial charge >= 0.3 is 6.09 Å². The lowest BCUT2D eigenvalue weighted by molar-refractivity contribution is 0.0137. The summed E-state index contributed by atoms with van der Waals surface area (Å²) < 4.78 is 22.0. The number of oxazole rings is 1. The first-order chi connectivity index (χ1) is 12.9. The van der Waals surface area contributed by atoms with Crippen LogP contribution in [-0.2, 0) is 4.74 Å². The van der Waals surface area contributed by atoms with Gasteiger partial charge in [-0.2, -0.15) is 0 Å². The quantitative estimate of drug-likeness (QED) is 0.793. The lowest BCUT2D eigenvalue weighted by Crippen LogP contribution is -2.50. The topological polar surface area (TPSA) is 77.3 Å². The number of piperazine rings is 1. The van der Waals surface area contributed by atoms with E-state index in [1.165, 1.54) is 6.39 Å². The molecule has 0 saturated carbocycles. The number of hydrogen-bond acceptors (Lipinski definition) is 7. The van der Waals surface area contributed by atoms with Gasteiger partial charge in [0, 0.05) is 32.7 Å². The van der Waals surface area contributed by atoms with Gasteiger partial charge < -0.3 is 23.5 Å². The molecular formula is C19H27N3O5. The van der Waals surface area contributed by atoms with Crippen molar-refractivity contribution in [3.05, 3.63) is 18.5 Å². The molecule has 2 aromatic rings. The average Bonchev–Trinajstić information content (AvgIpc) is 3.11. The van der Waals surface area contributed by atoms with E-state index in [0.717, 1.165) is 19.6 Å². The van der Waals surface area contributed by atoms with E-state index in [0.29, 0.717) is 42.3 Å². The summed E-state index contributed by atoms with van der Waals surface area (Å²) in [5.74, 6) is 1.31. The summed E-state index contributed by atoms with van der Waals surface area (Å²) >= 11 is 0. The van der Waals surface area contributed by atoms with E-state index in [9.17, 15) is 4.79 Å². The zero-order chi connectivity index (χ0) is 19.4. The number of methoxy groups -OCH3 is 1. The molecule has 1 saturated heterocycles. The fourth-order valence-corrected chi connectivity index (χ4v) is 2.95. The van der Waals surface area contributed by atoms with Crippen LogP contribution >= 0.6 is 0 Å². The zero-order valence-electron chi connectivity index (χ0n) is 16.4. The Morgan fingerprint density at radius 2 is 1.89 bits per heavy atom. The van der Waals surface area contributed by atoms with Gasteiger partial charge in [0.05, 0.1) is 7.11 Å². The molecule has 8 nitrogen and oxygen atoms in total. The molecule has 0 atom stereocenters.